The number of hydrogen-bond donors (Lipinski definition) is 2. The van der Waals surface area contributed by atoms with E-state index in [1.54, 1.807) is 6.92 Å². The van der Waals surface area contributed by atoms with Crippen molar-refractivity contribution in [2.45, 2.75) is 31.7 Å². The van der Waals surface area contributed by atoms with Gasteiger partial charge in [-0.05, 0) is 13.3 Å². The molecule has 0 aliphatic carbocycles. The summed E-state index contributed by atoms with van der Waals surface area (Å²) in [5, 5.41) is 3.30. The number of imide groups is 2. The Morgan fingerprint density at radius 2 is 2.17 bits per heavy atom. The second-order valence-electron chi connectivity index (χ2n) is 3.87. The number of rotatable bonds is 2. The quantitative estimate of drug-likeness (QED) is 0.529. The zero-order valence-corrected chi connectivity index (χ0v) is 10.8. The Bertz CT molecular complexity index is 397. The predicted octanol–water partition coefficient (Wildman–Crippen LogP) is -0.413. The maximum atomic E-state index is 11.8. The lowest BCUT2D eigenvalue weighted by molar-refractivity contribution is -0.138. The highest BCUT2D eigenvalue weighted by Crippen LogP contribution is 2.09. The van der Waals surface area contributed by atoms with Gasteiger partial charge in [-0.1, -0.05) is 6.92 Å². The Hall–Kier alpha value is -1.63. The number of carbonyl (C=O) groups is 4. The van der Waals surface area contributed by atoms with Gasteiger partial charge in [-0.3, -0.25) is 25.0 Å². The van der Waals surface area contributed by atoms with Gasteiger partial charge in [0.15, 0.2) is 0 Å². The Kier molecular flexibility index (Phi) is 4.66. The molecule has 2 atom stereocenters. The summed E-state index contributed by atoms with van der Waals surface area (Å²) in [7, 11) is 0. The van der Waals surface area contributed by atoms with Crippen molar-refractivity contribution in [2.24, 2.45) is 0 Å². The highest BCUT2D eigenvalue weighted by Gasteiger charge is 2.36. The van der Waals surface area contributed by atoms with E-state index in [0.717, 1.165) is 4.90 Å². The lowest BCUT2D eigenvalue weighted by atomic mass is 10.1. The van der Waals surface area contributed by atoms with Crippen molar-refractivity contribution in [3.05, 3.63) is 0 Å². The van der Waals surface area contributed by atoms with Crippen LogP contribution in [0.5, 0.6) is 0 Å². The zero-order valence-electron chi connectivity index (χ0n) is 10.0. The average Bonchev–Trinajstić information content (AvgIpc) is 2.27. The van der Waals surface area contributed by atoms with Crippen LogP contribution in [-0.2, 0) is 14.4 Å². The second-order valence-corrected chi connectivity index (χ2v) is 4.53. The van der Waals surface area contributed by atoms with Crippen LogP contribution in [0.4, 0.5) is 4.79 Å². The van der Waals surface area contributed by atoms with E-state index >= 15 is 0 Å². The van der Waals surface area contributed by atoms with Gasteiger partial charge in [0.2, 0.25) is 17.7 Å². The fourth-order valence-corrected chi connectivity index (χ4v) is 1.62. The Morgan fingerprint density at radius 1 is 1.56 bits per heavy atom. The van der Waals surface area contributed by atoms with Gasteiger partial charge < -0.3 is 4.90 Å². The van der Waals surface area contributed by atoms with Gasteiger partial charge in [-0.2, -0.15) is 0 Å². The monoisotopic (exact) mass is 275 g/mol. The van der Waals surface area contributed by atoms with Gasteiger partial charge in [-0.25, -0.2) is 4.79 Å². The molecule has 0 aromatic carbocycles. The van der Waals surface area contributed by atoms with Gasteiger partial charge >= 0.3 is 6.03 Å². The van der Waals surface area contributed by atoms with E-state index in [0.29, 0.717) is 6.42 Å². The van der Waals surface area contributed by atoms with Crippen molar-refractivity contribution in [3.63, 3.8) is 0 Å². The molecule has 2 N–H and O–H groups in total. The summed E-state index contributed by atoms with van der Waals surface area (Å²) in [6.07, 6.45) is 0.344. The van der Waals surface area contributed by atoms with Gasteiger partial charge in [0.05, 0.1) is 0 Å². The fourth-order valence-electron chi connectivity index (χ4n) is 1.56. The number of alkyl halides is 1. The number of nitrogens with zero attached hydrogens (tertiary/aromatic N) is 1. The molecular formula is C10H14ClN3O4. The third-order valence-corrected chi connectivity index (χ3v) is 2.69. The third-order valence-electron chi connectivity index (χ3n) is 2.49. The molecule has 2 unspecified atom stereocenters. The molecule has 1 aliphatic heterocycles. The minimum Gasteiger partial charge on any atom is -0.303 e. The van der Waals surface area contributed by atoms with Crippen molar-refractivity contribution < 1.29 is 19.2 Å². The van der Waals surface area contributed by atoms with E-state index in [1.807, 2.05) is 5.32 Å². The molecule has 1 heterocycles. The highest BCUT2D eigenvalue weighted by molar-refractivity contribution is 6.31. The average molecular weight is 276 g/mol. The van der Waals surface area contributed by atoms with E-state index in [2.05, 4.69) is 5.32 Å². The van der Waals surface area contributed by atoms with E-state index in [-0.39, 0.29) is 6.54 Å². The summed E-state index contributed by atoms with van der Waals surface area (Å²) in [6.45, 7) is 2.85. The third kappa shape index (κ3) is 3.19. The number of urea groups is 1. The molecule has 1 saturated heterocycles. The van der Waals surface area contributed by atoms with E-state index in [9.17, 15) is 19.2 Å². The fraction of sp³-hybridized carbons (Fsp3) is 0.600. The number of carbonyl (C=O) groups excluding carboxylic acids is 4. The van der Waals surface area contributed by atoms with Crippen LogP contribution in [0, 0.1) is 0 Å². The Labute approximate surface area is 109 Å². The van der Waals surface area contributed by atoms with Gasteiger partial charge in [0.25, 0.3) is 0 Å². The number of halogens is 1. The van der Waals surface area contributed by atoms with E-state index in [4.69, 9.17) is 11.6 Å². The summed E-state index contributed by atoms with van der Waals surface area (Å²) >= 11 is 5.51. The SMILES string of the molecule is CCC1C(=O)NC(=O)CN1C(=O)NC(=O)C(C)Cl. The molecule has 0 radical (unpaired) electrons. The zero-order chi connectivity index (χ0) is 13.9. The topological polar surface area (TPSA) is 95.6 Å². The summed E-state index contributed by atoms with van der Waals surface area (Å²) in [6, 6.07) is -1.55. The molecule has 0 aromatic heterocycles. The number of amides is 5. The molecule has 5 amide bonds. The van der Waals surface area contributed by atoms with Crippen molar-refractivity contribution in [1.82, 2.24) is 15.5 Å². The minimum absolute atomic E-state index is 0.264. The van der Waals surface area contributed by atoms with E-state index in [1.165, 1.54) is 6.92 Å². The predicted molar refractivity (Wildman–Crippen MR) is 62.8 cm³/mol. The van der Waals surface area contributed by atoms with Crippen molar-refractivity contribution in [3.8, 4) is 0 Å². The first kappa shape index (κ1) is 14.4. The summed E-state index contributed by atoms with van der Waals surface area (Å²) < 4.78 is 0. The lowest BCUT2D eigenvalue weighted by Crippen LogP contribution is -2.62. The molecular weight excluding hydrogens is 262 g/mol. The van der Waals surface area contributed by atoms with Crippen LogP contribution >= 0.6 is 11.6 Å². The molecule has 100 valence electrons. The molecule has 1 fully saturated rings. The molecule has 18 heavy (non-hydrogen) atoms. The van der Waals surface area contributed by atoms with Gasteiger partial charge in [0, 0.05) is 0 Å². The van der Waals surface area contributed by atoms with E-state index < -0.39 is 35.2 Å². The lowest BCUT2D eigenvalue weighted by Gasteiger charge is -2.33. The molecule has 0 bridgehead atoms. The van der Waals surface area contributed by atoms with Crippen LogP contribution < -0.4 is 10.6 Å². The van der Waals surface area contributed by atoms with Crippen LogP contribution in [0.3, 0.4) is 0 Å². The molecule has 0 saturated carbocycles. The molecule has 1 aliphatic rings. The normalized spacial score (nSPS) is 21.3. The largest absolute Gasteiger partial charge is 0.325 e. The first-order valence-electron chi connectivity index (χ1n) is 5.46. The summed E-state index contributed by atoms with van der Waals surface area (Å²) in [5.41, 5.74) is 0. The number of nitrogens with one attached hydrogen (secondary N) is 2. The van der Waals surface area contributed by atoms with Crippen LogP contribution in [0.1, 0.15) is 20.3 Å². The first-order chi connectivity index (χ1) is 8.36. The van der Waals surface area contributed by atoms with Crippen LogP contribution in [0.15, 0.2) is 0 Å². The number of piperazine rings is 1. The van der Waals surface area contributed by atoms with Crippen molar-refractivity contribution >= 4 is 35.4 Å². The maximum absolute atomic E-state index is 11.8. The van der Waals surface area contributed by atoms with Gasteiger partial charge in [0.1, 0.15) is 18.0 Å². The molecule has 8 heteroatoms. The van der Waals surface area contributed by atoms with Crippen molar-refractivity contribution in [2.75, 3.05) is 6.54 Å². The molecule has 0 spiro atoms. The number of hydrogen-bond acceptors (Lipinski definition) is 4. The second kappa shape index (κ2) is 5.81. The van der Waals surface area contributed by atoms with Gasteiger partial charge in [-0.15, -0.1) is 11.6 Å². The summed E-state index contributed by atoms with van der Waals surface area (Å²) in [5.74, 6) is -1.79. The highest BCUT2D eigenvalue weighted by atomic mass is 35.5. The van der Waals surface area contributed by atoms with Crippen LogP contribution in [0.2, 0.25) is 0 Å². The smallest absolute Gasteiger partial charge is 0.303 e. The Morgan fingerprint density at radius 3 is 2.67 bits per heavy atom. The molecule has 7 nitrogen and oxygen atoms in total. The van der Waals surface area contributed by atoms with Crippen molar-refractivity contribution in [1.29, 1.82) is 0 Å². The maximum Gasteiger partial charge on any atom is 0.325 e. The summed E-state index contributed by atoms with van der Waals surface area (Å²) in [4.78, 5) is 46.8. The standard InChI is InChI=1S/C10H14ClN3O4/c1-3-6-9(17)12-7(15)4-14(6)10(18)13-8(16)5(2)11/h5-6H,3-4H2,1-2H3,(H,12,15,17)(H,13,16,18). The molecule has 0 aromatic rings. The Balaban J connectivity index is 2.78. The van der Waals surface area contributed by atoms with Crippen LogP contribution in [0.25, 0.3) is 0 Å². The minimum atomic E-state index is -0.872. The van der Waals surface area contributed by atoms with Crippen LogP contribution in [-0.4, -0.2) is 46.6 Å². The molecule has 1 rings (SSSR count). The first-order valence-corrected chi connectivity index (χ1v) is 5.89.